The topological polar surface area (TPSA) is 46.5 Å². The first kappa shape index (κ1) is 12.2. The molecule has 0 saturated carbocycles. The van der Waals surface area contributed by atoms with E-state index in [0.29, 0.717) is 13.0 Å². The lowest BCUT2D eigenvalue weighted by Gasteiger charge is -2.11. The van der Waals surface area contributed by atoms with Crippen LogP contribution in [0.1, 0.15) is 27.2 Å². The summed E-state index contributed by atoms with van der Waals surface area (Å²) in [6.07, 6.45) is 3.35. The average Bonchev–Trinajstić information content (AvgIpc) is 2.13. The van der Waals surface area contributed by atoms with Crippen LogP contribution in [0.15, 0.2) is 12.2 Å². The molecule has 0 aromatic carbocycles. The van der Waals surface area contributed by atoms with Crippen LogP contribution in [0.25, 0.3) is 0 Å². The highest BCUT2D eigenvalue weighted by atomic mass is 16.5. The highest BCUT2D eigenvalue weighted by Crippen LogP contribution is 2.07. The SMILES string of the molecule is CCOC(=O)C=C[C@@H](C)[C@H](O)CC. The highest BCUT2D eigenvalue weighted by molar-refractivity contribution is 5.81. The quantitative estimate of drug-likeness (QED) is 0.523. The number of hydrogen-bond donors (Lipinski definition) is 1. The molecule has 0 spiro atoms. The molecule has 0 amide bonds. The first-order valence-electron chi connectivity index (χ1n) is 4.64. The molecule has 0 unspecified atom stereocenters. The van der Waals surface area contributed by atoms with E-state index in [9.17, 15) is 9.90 Å². The van der Waals surface area contributed by atoms with Gasteiger partial charge in [-0.05, 0) is 13.3 Å². The Hall–Kier alpha value is -0.830. The van der Waals surface area contributed by atoms with Gasteiger partial charge in [-0.2, -0.15) is 0 Å². The van der Waals surface area contributed by atoms with Crippen molar-refractivity contribution < 1.29 is 14.6 Å². The lowest BCUT2D eigenvalue weighted by atomic mass is 10.0. The molecule has 0 rings (SSSR count). The Bertz CT molecular complexity index is 175. The van der Waals surface area contributed by atoms with Gasteiger partial charge < -0.3 is 9.84 Å². The molecule has 3 heteroatoms. The van der Waals surface area contributed by atoms with Crippen LogP contribution in [0, 0.1) is 5.92 Å². The minimum absolute atomic E-state index is 0.00518. The van der Waals surface area contributed by atoms with Crippen molar-refractivity contribution in [1.82, 2.24) is 0 Å². The van der Waals surface area contributed by atoms with Gasteiger partial charge in [0.1, 0.15) is 0 Å². The second-order valence-corrected chi connectivity index (χ2v) is 2.95. The molecule has 0 aromatic heterocycles. The Morgan fingerprint density at radius 2 is 2.15 bits per heavy atom. The van der Waals surface area contributed by atoms with Crippen molar-refractivity contribution in [2.75, 3.05) is 6.61 Å². The summed E-state index contributed by atoms with van der Waals surface area (Å²) in [4.78, 5) is 10.9. The van der Waals surface area contributed by atoms with Gasteiger partial charge >= 0.3 is 5.97 Å². The molecule has 0 fully saturated rings. The predicted octanol–water partition coefficient (Wildman–Crippen LogP) is 1.51. The molecule has 2 atom stereocenters. The maximum Gasteiger partial charge on any atom is 0.330 e. The summed E-state index contributed by atoms with van der Waals surface area (Å²) in [6, 6.07) is 0. The summed E-state index contributed by atoms with van der Waals surface area (Å²) in [5, 5.41) is 9.37. The van der Waals surface area contributed by atoms with Crippen LogP contribution in [0.2, 0.25) is 0 Å². The van der Waals surface area contributed by atoms with E-state index in [1.165, 1.54) is 6.08 Å². The third-order valence-corrected chi connectivity index (χ3v) is 1.85. The third-order valence-electron chi connectivity index (χ3n) is 1.85. The fraction of sp³-hybridized carbons (Fsp3) is 0.700. The summed E-state index contributed by atoms with van der Waals surface area (Å²) in [5.41, 5.74) is 0. The van der Waals surface area contributed by atoms with Crippen LogP contribution < -0.4 is 0 Å². The highest BCUT2D eigenvalue weighted by Gasteiger charge is 2.08. The number of carbonyl (C=O) groups is 1. The minimum Gasteiger partial charge on any atom is -0.463 e. The van der Waals surface area contributed by atoms with Crippen molar-refractivity contribution in [3.05, 3.63) is 12.2 Å². The Kier molecular flexibility index (Phi) is 6.24. The molecule has 3 nitrogen and oxygen atoms in total. The van der Waals surface area contributed by atoms with Crippen molar-refractivity contribution in [2.24, 2.45) is 5.92 Å². The van der Waals surface area contributed by atoms with Gasteiger partial charge in [-0.3, -0.25) is 0 Å². The lowest BCUT2D eigenvalue weighted by Crippen LogP contribution is -2.14. The van der Waals surface area contributed by atoms with Gasteiger partial charge in [-0.15, -0.1) is 0 Å². The zero-order chi connectivity index (χ0) is 10.3. The van der Waals surface area contributed by atoms with Gasteiger partial charge in [0.25, 0.3) is 0 Å². The van der Waals surface area contributed by atoms with Gasteiger partial charge in [0, 0.05) is 12.0 Å². The van der Waals surface area contributed by atoms with E-state index in [2.05, 4.69) is 0 Å². The molecule has 76 valence electrons. The molecule has 0 aliphatic carbocycles. The van der Waals surface area contributed by atoms with Gasteiger partial charge in [0.2, 0.25) is 0 Å². The molecular weight excluding hydrogens is 168 g/mol. The molecular formula is C10H18O3. The van der Waals surface area contributed by atoms with Gasteiger partial charge in [-0.25, -0.2) is 4.79 Å². The number of aliphatic hydroxyl groups is 1. The van der Waals surface area contributed by atoms with E-state index >= 15 is 0 Å². The summed E-state index contributed by atoms with van der Waals surface area (Å²) in [6.45, 7) is 5.91. The second-order valence-electron chi connectivity index (χ2n) is 2.95. The second kappa shape index (κ2) is 6.66. The van der Waals surface area contributed by atoms with E-state index in [1.807, 2.05) is 13.8 Å². The molecule has 0 aliphatic heterocycles. The van der Waals surface area contributed by atoms with Gasteiger partial charge in [0.15, 0.2) is 0 Å². The van der Waals surface area contributed by atoms with Crippen molar-refractivity contribution in [3.63, 3.8) is 0 Å². The Labute approximate surface area is 79.4 Å². The number of esters is 1. The Morgan fingerprint density at radius 3 is 2.62 bits per heavy atom. The van der Waals surface area contributed by atoms with Crippen LogP contribution >= 0.6 is 0 Å². The maximum absolute atomic E-state index is 10.9. The van der Waals surface area contributed by atoms with Crippen molar-refractivity contribution >= 4 is 5.97 Å². The molecule has 0 bridgehead atoms. The number of ether oxygens (including phenoxy) is 1. The van der Waals surface area contributed by atoms with Crippen LogP contribution in [0.3, 0.4) is 0 Å². The van der Waals surface area contributed by atoms with Gasteiger partial charge in [-0.1, -0.05) is 19.9 Å². The predicted molar refractivity (Wildman–Crippen MR) is 51.2 cm³/mol. The first-order chi connectivity index (χ1) is 6.11. The Morgan fingerprint density at radius 1 is 1.54 bits per heavy atom. The molecule has 1 N–H and O–H groups in total. The van der Waals surface area contributed by atoms with Crippen LogP contribution in [-0.2, 0) is 9.53 Å². The molecule has 0 saturated heterocycles. The van der Waals surface area contributed by atoms with E-state index < -0.39 is 0 Å². The fourth-order valence-electron chi connectivity index (χ4n) is 0.921. The number of rotatable bonds is 5. The monoisotopic (exact) mass is 186 g/mol. The smallest absolute Gasteiger partial charge is 0.330 e. The fourth-order valence-corrected chi connectivity index (χ4v) is 0.921. The molecule has 0 heterocycles. The number of carbonyl (C=O) groups excluding carboxylic acids is 1. The van der Waals surface area contributed by atoms with Crippen LogP contribution in [-0.4, -0.2) is 23.8 Å². The summed E-state index contributed by atoms with van der Waals surface area (Å²) in [5.74, 6) is -0.355. The van der Waals surface area contributed by atoms with E-state index in [-0.39, 0.29) is 18.0 Å². The summed E-state index contributed by atoms with van der Waals surface area (Å²) >= 11 is 0. The first-order valence-corrected chi connectivity index (χ1v) is 4.64. The average molecular weight is 186 g/mol. The third kappa shape index (κ3) is 5.42. The Balaban J connectivity index is 3.88. The number of aliphatic hydroxyl groups excluding tert-OH is 1. The normalized spacial score (nSPS) is 15.7. The van der Waals surface area contributed by atoms with Crippen LogP contribution in [0.5, 0.6) is 0 Å². The standard InChI is InChI=1S/C10H18O3/c1-4-9(11)8(3)6-7-10(12)13-5-2/h6-9,11H,4-5H2,1-3H3/t8-,9-/m1/s1. The van der Waals surface area contributed by atoms with E-state index in [0.717, 1.165) is 0 Å². The zero-order valence-corrected chi connectivity index (χ0v) is 8.49. The summed E-state index contributed by atoms with van der Waals surface area (Å²) < 4.78 is 4.70. The molecule has 0 aromatic rings. The minimum atomic E-state index is -0.384. The summed E-state index contributed by atoms with van der Waals surface area (Å²) in [7, 11) is 0. The van der Waals surface area contributed by atoms with Crippen molar-refractivity contribution in [1.29, 1.82) is 0 Å². The molecule has 13 heavy (non-hydrogen) atoms. The lowest BCUT2D eigenvalue weighted by molar-refractivity contribution is -0.137. The largest absolute Gasteiger partial charge is 0.463 e. The maximum atomic E-state index is 10.9. The van der Waals surface area contributed by atoms with Crippen molar-refractivity contribution in [3.8, 4) is 0 Å². The molecule has 0 aliphatic rings. The van der Waals surface area contributed by atoms with Crippen LogP contribution in [0.4, 0.5) is 0 Å². The number of hydrogen-bond acceptors (Lipinski definition) is 3. The van der Waals surface area contributed by atoms with Crippen molar-refractivity contribution in [2.45, 2.75) is 33.3 Å². The molecule has 0 radical (unpaired) electrons. The zero-order valence-electron chi connectivity index (χ0n) is 8.49. The van der Waals surface area contributed by atoms with Gasteiger partial charge in [0.05, 0.1) is 12.7 Å². The van der Waals surface area contributed by atoms with E-state index in [4.69, 9.17) is 4.74 Å². The van der Waals surface area contributed by atoms with E-state index in [1.54, 1.807) is 13.0 Å².